The van der Waals surface area contributed by atoms with Crippen molar-refractivity contribution in [2.24, 2.45) is 11.8 Å². The van der Waals surface area contributed by atoms with Crippen molar-refractivity contribution in [3.05, 3.63) is 0 Å². The normalized spacial score (nSPS) is 33.9. The van der Waals surface area contributed by atoms with Crippen molar-refractivity contribution in [3.8, 4) is 0 Å². The molecule has 1 nitrogen and oxygen atoms in total. The molecule has 102 valence electrons. The topological polar surface area (TPSA) is 20.2 Å². The first-order valence-electron chi connectivity index (χ1n) is 7.78. The summed E-state index contributed by atoms with van der Waals surface area (Å²) in [6.45, 7) is 6.84. The van der Waals surface area contributed by atoms with E-state index in [1.165, 1.54) is 44.9 Å². The molecule has 1 saturated carbocycles. The fourth-order valence-electron chi connectivity index (χ4n) is 3.67. The van der Waals surface area contributed by atoms with Crippen molar-refractivity contribution < 1.29 is 5.11 Å². The molecule has 2 atom stereocenters. The third kappa shape index (κ3) is 5.90. The SMILES string of the molecule is CCCCCCCCC1(O)CC(C)CC(C)C1. The highest BCUT2D eigenvalue weighted by molar-refractivity contribution is 4.87. The molecule has 0 bridgehead atoms. The summed E-state index contributed by atoms with van der Waals surface area (Å²) in [6.07, 6.45) is 12.4. The molecule has 1 heteroatoms. The third-order valence-electron chi connectivity index (χ3n) is 4.26. The second kappa shape index (κ2) is 7.41. The Balaban J connectivity index is 2.16. The molecule has 1 N–H and O–H groups in total. The van der Waals surface area contributed by atoms with Crippen LogP contribution in [0, 0.1) is 11.8 Å². The molecule has 0 saturated heterocycles. The van der Waals surface area contributed by atoms with Crippen molar-refractivity contribution in [2.45, 2.75) is 90.6 Å². The average Bonchev–Trinajstić information content (AvgIpc) is 2.21. The second-order valence-corrected chi connectivity index (χ2v) is 6.60. The van der Waals surface area contributed by atoms with Crippen molar-refractivity contribution in [1.82, 2.24) is 0 Å². The van der Waals surface area contributed by atoms with E-state index in [9.17, 15) is 5.11 Å². The molecule has 1 aliphatic rings. The molecule has 0 heterocycles. The minimum atomic E-state index is -0.332. The Hall–Kier alpha value is -0.0400. The molecule has 1 fully saturated rings. The average molecular weight is 240 g/mol. The van der Waals surface area contributed by atoms with E-state index in [0.29, 0.717) is 11.8 Å². The highest BCUT2D eigenvalue weighted by atomic mass is 16.3. The van der Waals surface area contributed by atoms with Gasteiger partial charge in [0.1, 0.15) is 0 Å². The van der Waals surface area contributed by atoms with E-state index in [4.69, 9.17) is 0 Å². The number of rotatable bonds is 7. The first-order valence-corrected chi connectivity index (χ1v) is 7.78. The van der Waals surface area contributed by atoms with E-state index in [-0.39, 0.29) is 5.60 Å². The molecular formula is C16H32O. The number of unbranched alkanes of at least 4 members (excludes halogenated alkanes) is 5. The molecule has 0 aromatic heterocycles. The van der Waals surface area contributed by atoms with Gasteiger partial charge in [-0.2, -0.15) is 0 Å². The summed E-state index contributed by atoms with van der Waals surface area (Å²) < 4.78 is 0. The maximum Gasteiger partial charge on any atom is 0.0652 e. The minimum absolute atomic E-state index is 0.332. The molecule has 0 amide bonds. The van der Waals surface area contributed by atoms with E-state index in [1.54, 1.807) is 0 Å². The van der Waals surface area contributed by atoms with Crippen LogP contribution in [0.15, 0.2) is 0 Å². The summed E-state index contributed by atoms with van der Waals surface area (Å²) in [6, 6.07) is 0. The Labute approximate surface area is 108 Å². The predicted molar refractivity (Wildman–Crippen MR) is 75.1 cm³/mol. The molecule has 0 aromatic rings. The van der Waals surface area contributed by atoms with Crippen LogP contribution in [0.4, 0.5) is 0 Å². The smallest absolute Gasteiger partial charge is 0.0652 e. The van der Waals surface area contributed by atoms with Crippen LogP contribution in [0.5, 0.6) is 0 Å². The summed E-state index contributed by atoms with van der Waals surface area (Å²) in [5.41, 5.74) is -0.332. The standard InChI is InChI=1S/C16H32O/c1-4-5-6-7-8-9-10-16(17)12-14(2)11-15(3)13-16/h14-15,17H,4-13H2,1-3H3. The zero-order valence-corrected chi connectivity index (χ0v) is 12.2. The number of hydrogen-bond acceptors (Lipinski definition) is 1. The summed E-state index contributed by atoms with van der Waals surface area (Å²) in [4.78, 5) is 0. The van der Waals surface area contributed by atoms with Crippen LogP contribution in [0.25, 0.3) is 0 Å². The van der Waals surface area contributed by atoms with Crippen LogP contribution in [-0.4, -0.2) is 10.7 Å². The Morgan fingerprint density at radius 2 is 1.47 bits per heavy atom. The Morgan fingerprint density at radius 3 is 2.06 bits per heavy atom. The molecule has 1 rings (SSSR count). The van der Waals surface area contributed by atoms with Crippen molar-refractivity contribution >= 4 is 0 Å². The fraction of sp³-hybridized carbons (Fsp3) is 1.00. The van der Waals surface area contributed by atoms with Gasteiger partial charge >= 0.3 is 0 Å². The number of hydrogen-bond donors (Lipinski definition) is 1. The van der Waals surface area contributed by atoms with Crippen molar-refractivity contribution in [1.29, 1.82) is 0 Å². The molecular weight excluding hydrogens is 208 g/mol. The Morgan fingerprint density at radius 1 is 0.941 bits per heavy atom. The molecule has 0 aliphatic heterocycles. The minimum Gasteiger partial charge on any atom is -0.390 e. The summed E-state index contributed by atoms with van der Waals surface area (Å²) in [5.74, 6) is 1.42. The van der Waals surface area contributed by atoms with Crippen LogP contribution in [0.2, 0.25) is 0 Å². The lowest BCUT2D eigenvalue weighted by Crippen LogP contribution is -2.37. The molecule has 1 aliphatic carbocycles. The van der Waals surface area contributed by atoms with Gasteiger partial charge in [0.15, 0.2) is 0 Å². The lowest BCUT2D eigenvalue weighted by molar-refractivity contribution is -0.0392. The molecule has 17 heavy (non-hydrogen) atoms. The highest BCUT2D eigenvalue weighted by Gasteiger charge is 2.35. The van der Waals surface area contributed by atoms with E-state index in [0.717, 1.165) is 19.3 Å². The highest BCUT2D eigenvalue weighted by Crippen LogP contribution is 2.38. The van der Waals surface area contributed by atoms with E-state index in [2.05, 4.69) is 20.8 Å². The summed E-state index contributed by atoms with van der Waals surface area (Å²) in [5, 5.41) is 10.6. The Bertz CT molecular complexity index is 190. The van der Waals surface area contributed by atoms with Gasteiger partial charge in [0.2, 0.25) is 0 Å². The zero-order chi connectivity index (χ0) is 12.7. The van der Waals surface area contributed by atoms with E-state index in [1.807, 2.05) is 0 Å². The van der Waals surface area contributed by atoms with E-state index < -0.39 is 0 Å². The lowest BCUT2D eigenvalue weighted by atomic mass is 9.72. The lowest BCUT2D eigenvalue weighted by Gasteiger charge is -2.39. The van der Waals surface area contributed by atoms with Crippen LogP contribution < -0.4 is 0 Å². The summed E-state index contributed by atoms with van der Waals surface area (Å²) in [7, 11) is 0. The molecule has 0 radical (unpaired) electrons. The van der Waals surface area contributed by atoms with Gasteiger partial charge in [-0.1, -0.05) is 59.3 Å². The maximum absolute atomic E-state index is 10.6. The fourth-order valence-corrected chi connectivity index (χ4v) is 3.67. The van der Waals surface area contributed by atoms with Gasteiger partial charge in [-0.15, -0.1) is 0 Å². The quantitative estimate of drug-likeness (QED) is 0.626. The zero-order valence-electron chi connectivity index (χ0n) is 12.2. The molecule has 0 spiro atoms. The summed E-state index contributed by atoms with van der Waals surface area (Å²) >= 11 is 0. The van der Waals surface area contributed by atoms with Crippen molar-refractivity contribution in [3.63, 3.8) is 0 Å². The van der Waals surface area contributed by atoms with Crippen LogP contribution in [-0.2, 0) is 0 Å². The van der Waals surface area contributed by atoms with Gasteiger partial charge < -0.3 is 5.11 Å². The number of aliphatic hydroxyl groups is 1. The van der Waals surface area contributed by atoms with Crippen LogP contribution in [0.3, 0.4) is 0 Å². The monoisotopic (exact) mass is 240 g/mol. The van der Waals surface area contributed by atoms with Gasteiger partial charge in [0.25, 0.3) is 0 Å². The largest absolute Gasteiger partial charge is 0.390 e. The Kier molecular flexibility index (Phi) is 6.54. The predicted octanol–water partition coefficient (Wildman–Crippen LogP) is 4.92. The van der Waals surface area contributed by atoms with Crippen LogP contribution in [0.1, 0.15) is 85.0 Å². The third-order valence-corrected chi connectivity index (χ3v) is 4.26. The van der Waals surface area contributed by atoms with Gasteiger partial charge in [-0.05, 0) is 37.5 Å². The van der Waals surface area contributed by atoms with Crippen molar-refractivity contribution in [2.75, 3.05) is 0 Å². The maximum atomic E-state index is 10.6. The van der Waals surface area contributed by atoms with Gasteiger partial charge in [-0.3, -0.25) is 0 Å². The van der Waals surface area contributed by atoms with Gasteiger partial charge in [0, 0.05) is 0 Å². The van der Waals surface area contributed by atoms with Crippen LogP contribution >= 0.6 is 0 Å². The van der Waals surface area contributed by atoms with Gasteiger partial charge in [-0.25, -0.2) is 0 Å². The van der Waals surface area contributed by atoms with Gasteiger partial charge in [0.05, 0.1) is 5.60 Å². The molecule has 0 aromatic carbocycles. The first kappa shape index (κ1) is 15.0. The second-order valence-electron chi connectivity index (χ2n) is 6.60. The van der Waals surface area contributed by atoms with E-state index >= 15 is 0 Å². The molecule has 2 unspecified atom stereocenters. The first-order chi connectivity index (χ1) is 8.06.